The van der Waals surface area contributed by atoms with Crippen LogP contribution < -0.4 is 10.1 Å². The van der Waals surface area contributed by atoms with E-state index in [1.165, 1.54) is 0 Å². The van der Waals surface area contributed by atoms with E-state index < -0.39 is 0 Å². The van der Waals surface area contributed by atoms with Gasteiger partial charge >= 0.3 is 0 Å². The Kier molecular flexibility index (Phi) is 5.39. The Labute approximate surface area is 102 Å². The van der Waals surface area contributed by atoms with Gasteiger partial charge in [-0.15, -0.1) is 11.6 Å². The summed E-state index contributed by atoms with van der Waals surface area (Å²) < 4.78 is 5.19. The van der Waals surface area contributed by atoms with Crippen molar-refractivity contribution in [3.8, 4) is 5.75 Å². The molecule has 0 fully saturated rings. The quantitative estimate of drug-likeness (QED) is 0.779. The van der Waals surface area contributed by atoms with Crippen LogP contribution in [0.3, 0.4) is 0 Å². The number of halogens is 1. The van der Waals surface area contributed by atoms with Gasteiger partial charge in [-0.3, -0.25) is 0 Å². The van der Waals surface area contributed by atoms with Crippen LogP contribution in [0.4, 0.5) is 5.82 Å². The minimum absolute atomic E-state index is 0.117. The van der Waals surface area contributed by atoms with E-state index in [-0.39, 0.29) is 5.38 Å². The largest absolute Gasteiger partial charge is 0.493 e. The van der Waals surface area contributed by atoms with Gasteiger partial charge in [0.15, 0.2) is 11.6 Å². The van der Waals surface area contributed by atoms with Gasteiger partial charge in [0.1, 0.15) is 0 Å². The third-order valence-electron chi connectivity index (χ3n) is 2.21. The summed E-state index contributed by atoms with van der Waals surface area (Å²) >= 11 is 6.19. The first-order chi connectivity index (χ1) is 7.63. The van der Waals surface area contributed by atoms with Gasteiger partial charge in [-0.2, -0.15) is 0 Å². The summed E-state index contributed by atoms with van der Waals surface area (Å²) in [5, 5.41) is 3.32. The first-order valence-corrected chi connectivity index (χ1v) is 5.94. The van der Waals surface area contributed by atoms with E-state index in [0.29, 0.717) is 12.5 Å². The smallest absolute Gasteiger partial charge is 0.168 e. The SMILES string of the molecule is COc1cccnc1NCC(Cl)CC(C)C. The predicted molar refractivity (Wildman–Crippen MR) is 68.4 cm³/mol. The summed E-state index contributed by atoms with van der Waals surface area (Å²) in [7, 11) is 1.63. The van der Waals surface area contributed by atoms with Crippen LogP contribution in [0.5, 0.6) is 5.75 Å². The van der Waals surface area contributed by atoms with E-state index in [9.17, 15) is 0 Å². The first-order valence-electron chi connectivity index (χ1n) is 5.50. The standard InChI is InChI=1S/C12H19ClN2O/c1-9(2)7-10(13)8-15-12-11(16-3)5-4-6-14-12/h4-6,9-10H,7-8H2,1-3H3,(H,14,15). The molecule has 1 N–H and O–H groups in total. The minimum Gasteiger partial charge on any atom is -0.493 e. The highest BCUT2D eigenvalue weighted by Gasteiger charge is 2.09. The molecule has 1 aromatic rings. The monoisotopic (exact) mass is 242 g/mol. The molecule has 1 rings (SSSR count). The third kappa shape index (κ3) is 4.27. The lowest BCUT2D eigenvalue weighted by molar-refractivity contribution is 0.414. The Morgan fingerprint density at radius 3 is 2.88 bits per heavy atom. The number of aromatic nitrogens is 1. The van der Waals surface area contributed by atoms with Gasteiger partial charge in [0, 0.05) is 12.7 Å². The van der Waals surface area contributed by atoms with Crippen LogP contribution in [0.15, 0.2) is 18.3 Å². The molecular formula is C12H19ClN2O. The van der Waals surface area contributed by atoms with Crippen molar-refractivity contribution in [3.63, 3.8) is 0 Å². The second kappa shape index (κ2) is 6.59. The van der Waals surface area contributed by atoms with Gasteiger partial charge in [0.2, 0.25) is 0 Å². The highest BCUT2D eigenvalue weighted by molar-refractivity contribution is 6.20. The van der Waals surface area contributed by atoms with E-state index in [4.69, 9.17) is 16.3 Å². The topological polar surface area (TPSA) is 34.1 Å². The third-order valence-corrected chi connectivity index (χ3v) is 2.54. The zero-order valence-electron chi connectivity index (χ0n) is 10.0. The van der Waals surface area contributed by atoms with Crippen molar-refractivity contribution in [2.75, 3.05) is 19.0 Å². The Balaban J connectivity index is 2.47. The summed E-state index contributed by atoms with van der Waals surface area (Å²) in [5.41, 5.74) is 0. The van der Waals surface area contributed by atoms with Crippen LogP contribution >= 0.6 is 11.6 Å². The van der Waals surface area contributed by atoms with Crippen LogP contribution in [0.2, 0.25) is 0 Å². The second-order valence-corrected chi connectivity index (χ2v) is 4.78. The summed E-state index contributed by atoms with van der Waals surface area (Å²) in [4.78, 5) is 4.21. The fourth-order valence-electron chi connectivity index (χ4n) is 1.49. The number of nitrogens with zero attached hydrogens (tertiary/aromatic N) is 1. The summed E-state index contributed by atoms with van der Waals surface area (Å²) in [6.45, 7) is 5.03. The van der Waals surface area contributed by atoms with E-state index in [0.717, 1.165) is 18.0 Å². The highest BCUT2D eigenvalue weighted by atomic mass is 35.5. The van der Waals surface area contributed by atoms with Crippen molar-refractivity contribution in [1.82, 2.24) is 4.98 Å². The lowest BCUT2D eigenvalue weighted by Crippen LogP contribution is -2.17. The Morgan fingerprint density at radius 1 is 1.50 bits per heavy atom. The molecule has 0 aromatic carbocycles. The molecule has 4 heteroatoms. The number of hydrogen-bond donors (Lipinski definition) is 1. The van der Waals surface area contributed by atoms with Crippen molar-refractivity contribution in [2.45, 2.75) is 25.6 Å². The number of ether oxygens (including phenoxy) is 1. The van der Waals surface area contributed by atoms with Crippen LogP contribution in [0, 0.1) is 5.92 Å². The van der Waals surface area contributed by atoms with Crippen molar-refractivity contribution < 1.29 is 4.74 Å². The zero-order chi connectivity index (χ0) is 12.0. The van der Waals surface area contributed by atoms with E-state index >= 15 is 0 Å². The minimum atomic E-state index is 0.117. The molecule has 0 bridgehead atoms. The average Bonchev–Trinajstić information content (AvgIpc) is 2.26. The molecular weight excluding hydrogens is 224 g/mol. The van der Waals surface area contributed by atoms with E-state index in [1.807, 2.05) is 12.1 Å². The molecule has 0 radical (unpaired) electrons. The number of hydrogen-bond acceptors (Lipinski definition) is 3. The van der Waals surface area contributed by atoms with Gasteiger partial charge in [0.25, 0.3) is 0 Å². The van der Waals surface area contributed by atoms with E-state index in [2.05, 4.69) is 24.1 Å². The number of alkyl halides is 1. The van der Waals surface area contributed by atoms with Gasteiger partial charge in [-0.25, -0.2) is 4.98 Å². The normalized spacial score (nSPS) is 12.6. The molecule has 16 heavy (non-hydrogen) atoms. The molecule has 0 aliphatic carbocycles. The molecule has 1 aromatic heterocycles. The van der Waals surface area contributed by atoms with Gasteiger partial charge in [0.05, 0.1) is 12.5 Å². The van der Waals surface area contributed by atoms with Crippen LogP contribution in [-0.2, 0) is 0 Å². The Morgan fingerprint density at radius 2 is 2.25 bits per heavy atom. The Bertz CT molecular complexity index is 318. The maximum atomic E-state index is 6.19. The first kappa shape index (κ1) is 13.1. The van der Waals surface area contributed by atoms with Crippen LogP contribution in [-0.4, -0.2) is 24.0 Å². The van der Waals surface area contributed by atoms with Crippen molar-refractivity contribution in [2.24, 2.45) is 5.92 Å². The lowest BCUT2D eigenvalue weighted by atomic mass is 10.1. The molecule has 0 aliphatic heterocycles. The zero-order valence-corrected chi connectivity index (χ0v) is 10.8. The van der Waals surface area contributed by atoms with Gasteiger partial charge < -0.3 is 10.1 Å². The fourth-order valence-corrected chi connectivity index (χ4v) is 1.92. The summed E-state index contributed by atoms with van der Waals surface area (Å²) in [6.07, 6.45) is 2.72. The number of nitrogens with one attached hydrogen (secondary N) is 1. The van der Waals surface area contributed by atoms with Gasteiger partial charge in [-0.05, 0) is 24.5 Å². The summed E-state index contributed by atoms with van der Waals surface area (Å²) in [5.74, 6) is 2.10. The Hall–Kier alpha value is -0.960. The molecule has 0 saturated carbocycles. The highest BCUT2D eigenvalue weighted by Crippen LogP contribution is 2.20. The molecule has 0 aliphatic rings. The maximum Gasteiger partial charge on any atom is 0.168 e. The molecule has 0 saturated heterocycles. The molecule has 1 unspecified atom stereocenters. The molecule has 90 valence electrons. The predicted octanol–water partition coefficient (Wildman–Crippen LogP) is 3.16. The van der Waals surface area contributed by atoms with E-state index in [1.54, 1.807) is 13.3 Å². The van der Waals surface area contributed by atoms with Crippen molar-refractivity contribution >= 4 is 17.4 Å². The number of pyridine rings is 1. The molecule has 1 atom stereocenters. The van der Waals surface area contributed by atoms with Crippen LogP contribution in [0.25, 0.3) is 0 Å². The lowest BCUT2D eigenvalue weighted by Gasteiger charge is -2.14. The number of anilines is 1. The molecule has 3 nitrogen and oxygen atoms in total. The average molecular weight is 243 g/mol. The number of methoxy groups -OCH3 is 1. The maximum absolute atomic E-state index is 6.19. The molecule has 0 amide bonds. The second-order valence-electron chi connectivity index (χ2n) is 4.16. The van der Waals surface area contributed by atoms with Crippen LogP contribution in [0.1, 0.15) is 20.3 Å². The molecule has 1 heterocycles. The summed E-state index contributed by atoms with van der Waals surface area (Å²) in [6, 6.07) is 3.72. The van der Waals surface area contributed by atoms with Crippen molar-refractivity contribution in [1.29, 1.82) is 0 Å². The van der Waals surface area contributed by atoms with Crippen molar-refractivity contribution in [3.05, 3.63) is 18.3 Å². The molecule has 0 spiro atoms. The van der Waals surface area contributed by atoms with Gasteiger partial charge in [-0.1, -0.05) is 13.8 Å². The fraction of sp³-hybridized carbons (Fsp3) is 0.583. The number of rotatable bonds is 6.